The molecule has 0 saturated heterocycles. The summed E-state index contributed by atoms with van der Waals surface area (Å²) in [5.41, 5.74) is 0.775. The van der Waals surface area contributed by atoms with E-state index in [1.54, 1.807) is 12.3 Å². The second-order valence-corrected chi connectivity index (χ2v) is 5.78. The number of benzene rings is 1. The van der Waals surface area contributed by atoms with Crippen LogP contribution in [0, 0.1) is 0 Å². The minimum atomic E-state index is 0.284. The molecule has 0 radical (unpaired) electrons. The number of rotatable bonds is 9. The van der Waals surface area contributed by atoms with E-state index in [1.807, 2.05) is 12.1 Å². The average molecular weight is 326 g/mol. The van der Waals surface area contributed by atoms with Crippen molar-refractivity contribution >= 4 is 22.1 Å². The molecule has 1 rings (SSSR count). The van der Waals surface area contributed by atoms with E-state index in [1.165, 1.54) is 38.5 Å². The van der Waals surface area contributed by atoms with Gasteiger partial charge in [-0.2, -0.15) is 0 Å². The fraction of sp³-hybridized carbons (Fsp3) is 0.562. The zero-order valence-electron chi connectivity index (χ0n) is 11.7. The molecular weight excluding hydrogens is 302 g/mol. The van der Waals surface area contributed by atoms with Gasteiger partial charge in [-0.3, -0.25) is 4.99 Å². The maximum Gasteiger partial charge on any atom is 0.124 e. The lowest BCUT2D eigenvalue weighted by Crippen LogP contribution is -1.87. The third-order valence-corrected chi connectivity index (χ3v) is 3.60. The summed E-state index contributed by atoms with van der Waals surface area (Å²) in [7, 11) is 0. The fourth-order valence-electron chi connectivity index (χ4n) is 1.95. The highest BCUT2D eigenvalue weighted by atomic mass is 79.9. The molecule has 0 amide bonds. The quantitative estimate of drug-likeness (QED) is 0.483. The van der Waals surface area contributed by atoms with Gasteiger partial charge in [0.25, 0.3) is 0 Å². The summed E-state index contributed by atoms with van der Waals surface area (Å²) >= 11 is 3.39. The van der Waals surface area contributed by atoms with Crippen molar-refractivity contribution in [2.75, 3.05) is 6.54 Å². The molecule has 106 valence electrons. The summed E-state index contributed by atoms with van der Waals surface area (Å²) in [5.74, 6) is 0.284. The number of hydrogen-bond donors (Lipinski definition) is 1. The summed E-state index contributed by atoms with van der Waals surface area (Å²) in [6, 6.07) is 5.38. The van der Waals surface area contributed by atoms with Crippen molar-refractivity contribution < 1.29 is 5.11 Å². The maximum absolute atomic E-state index is 9.65. The number of aliphatic imine (C=N–C) groups is 1. The zero-order valence-corrected chi connectivity index (χ0v) is 13.3. The van der Waals surface area contributed by atoms with Gasteiger partial charge in [-0.1, -0.05) is 61.4 Å². The minimum absolute atomic E-state index is 0.284. The van der Waals surface area contributed by atoms with E-state index in [9.17, 15) is 5.11 Å². The third kappa shape index (κ3) is 7.36. The molecule has 0 heterocycles. The van der Waals surface area contributed by atoms with Gasteiger partial charge in [0, 0.05) is 22.8 Å². The van der Waals surface area contributed by atoms with Gasteiger partial charge in [0.2, 0.25) is 0 Å². The van der Waals surface area contributed by atoms with Crippen molar-refractivity contribution in [2.24, 2.45) is 4.99 Å². The largest absolute Gasteiger partial charge is 0.507 e. The first kappa shape index (κ1) is 16.2. The van der Waals surface area contributed by atoms with Crippen LogP contribution in [0.1, 0.15) is 57.4 Å². The molecular formula is C16H24BrNO. The van der Waals surface area contributed by atoms with E-state index in [0.29, 0.717) is 0 Å². The van der Waals surface area contributed by atoms with Crippen molar-refractivity contribution in [1.82, 2.24) is 0 Å². The highest BCUT2D eigenvalue weighted by Crippen LogP contribution is 2.20. The van der Waals surface area contributed by atoms with E-state index in [2.05, 4.69) is 27.8 Å². The zero-order chi connectivity index (χ0) is 13.9. The first-order chi connectivity index (χ1) is 9.24. The van der Waals surface area contributed by atoms with Crippen LogP contribution in [0.15, 0.2) is 27.7 Å². The first-order valence-electron chi connectivity index (χ1n) is 7.22. The van der Waals surface area contributed by atoms with Gasteiger partial charge in [0.05, 0.1) is 0 Å². The summed E-state index contributed by atoms with van der Waals surface area (Å²) in [5, 5.41) is 9.65. The number of hydrogen-bond acceptors (Lipinski definition) is 2. The fourth-order valence-corrected chi connectivity index (χ4v) is 2.33. The number of phenolic OH excluding ortho intramolecular Hbond substituents is 1. The summed E-state index contributed by atoms with van der Waals surface area (Å²) in [4.78, 5) is 4.37. The monoisotopic (exact) mass is 325 g/mol. The first-order valence-corrected chi connectivity index (χ1v) is 8.01. The SMILES string of the molecule is CCCCCCCCCN=Cc1cc(Br)ccc1O. The Bertz CT molecular complexity index is 390. The predicted molar refractivity (Wildman–Crippen MR) is 86.3 cm³/mol. The number of phenols is 1. The van der Waals surface area contributed by atoms with Gasteiger partial charge in [-0.25, -0.2) is 0 Å². The van der Waals surface area contributed by atoms with Crippen LogP contribution in [0.25, 0.3) is 0 Å². The summed E-state index contributed by atoms with van der Waals surface area (Å²) < 4.78 is 0.961. The molecule has 3 heteroatoms. The molecule has 1 aromatic carbocycles. The Labute approximate surface area is 125 Å². The Morgan fingerprint density at radius 3 is 2.53 bits per heavy atom. The van der Waals surface area contributed by atoms with Crippen LogP contribution in [0.4, 0.5) is 0 Å². The van der Waals surface area contributed by atoms with Crippen LogP contribution >= 0.6 is 15.9 Å². The Kier molecular flexibility index (Phi) is 8.55. The van der Waals surface area contributed by atoms with Crippen molar-refractivity contribution in [1.29, 1.82) is 0 Å². The van der Waals surface area contributed by atoms with Crippen LogP contribution in [-0.2, 0) is 0 Å². The minimum Gasteiger partial charge on any atom is -0.507 e. The van der Waals surface area contributed by atoms with Crippen molar-refractivity contribution in [3.63, 3.8) is 0 Å². The average Bonchev–Trinajstić information content (AvgIpc) is 2.40. The molecule has 0 fully saturated rings. The molecule has 0 aliphatic rings. The van der Waals surface area contributed by atoms with Gasteiger partial charge in [-0.05, 0) is 24.6 Å². The van der Waals surface area contributed by atoms with Crippen molar-refractivity contribution in [2.45, 2.75) is 51.9 Å². The van der Waals surface area contributed by atoms with E-state index in [4.69, 9.17) is 0 Å². The molecule has 0 aromatic heterocycles. The lowest BCUT2D eigenvalue weighted by Gasteiger charge is -2.00. The Balaban J connectivity index is 2.15. The number of aromatic hydroxyl groups is 1. The molecule has 0 spiro atoms. The topological polar surface area (TPSA) is 32.6 Å². The Hall–Kier alpha value is -0.830. The smallest absolute Gasteiger partial charge is 0.124 e. The second-order valence-electron chi connectivity index (χ2n) is 4.86. The Morgan fingerprint density at radius 1 is 1.11 bits per heavy atom. The molecule has 1 aromatic rings. The lowest BCUT2D eigenvalue weighted by molar-refractivity contribution is 0.474. The molecule has 0 bridgehead atoms. The normalized spacial score (nSPS) is 11.3. The van der Waals surface area contributed by atoms with Crippen LogP contribution in [0.2, 0.25) is 0 Å². The van der Waals surface area contributed by atoms with Crippen molar-refractivity contribution in [3.05, 3.63) is 28.2 Å². The van der Waals surface area contributed by atoms with Gasteiger partial charge in [0.1, 0.15) is 5.75 Å². The molecule has 2 nitrogen and oxygen atoms in total. The van der Waals surface area contributed by atoms with E-state index < -0.39 is 0 Å². The van der Waals surface area contributed by atoms with Crippen LogP contribution in [0.5, 0.6) is 5.75 Å². The highest BCUT2D eigenvalue weighted by molar-refractivity contribution is 9.10. The van der Waals surface area contributed by atoms with Crippen molar-refractivity contribution in [3.8, 4) is 5.75 Å². The summed E-state index contributed by atoms with van der Waals surface area (Å²) in [6.45, 7) is 3.09. The lowest BCUT2D eigenvalue weighted by atomic mass is 10.1. The number of halogens is 1. The van der Waals surface area contributed by atoms with Crippen LogP contribution in [-0.4, -0.2) is 17.9 Å². The van der Waals surface area contributed by atoms with Gasteiger partial charge in [0.15, 0.2) is 0 Å². The third-order valence-electron chi connectivity index (χ3n) is 3.11. The van der Waals surface area contributed by atoms with Gasteiger partial charge >= 0.3 is 0 Å². The molecule has 0 aliphatic heterocycles. The molecule has 0 saturated carbocycles. The second kappa shape index (κ2) is 10.0. The van der Waals surface area contributed by atoms with Gasteiger partial charge < -0.3 is 5.11 Å². The summed E-state index contributed by atoms with van der Waals surface area (Å²) in [6.07, 6.45) is 10.9. The predicted octanol–water partition coefficient (Wildman–Crippen LogP) is 5.32. The van der Waals surface area contributed by atoms with E-state index >= 15 is 0 Å². The molecule has 19 heavy (non-hydrogen) atoms. The highest BCUT2D eigenvalue weighted by Gasteiger charge is 1.98. The molecule has 0 unspecified atom stereocenters. The maximum atomic E-state index is 9.65. The van der Waals surface area contributed by atoms with Crippen LogP contribution in [0.3, 0.4) is 0 Å². The van der Waals surface area contributed by atoms with Gasteiger partial charge in [-0.15, -0.1) is 0 Å². The Morgan fingerprint density at radius 2 is 1.79 bits per heavy atom. The van der Waals surface area contributed by atoms with E-state index in [-0.39, 0.29) is 5.75 Å². The number of unbranched alkanes of at least 4 members (excludes halogenated alkanes) is 6. The van der Waals surface area contributed by atoms with E-state index in [0.717, 1.165) is 23.0 Å². The van der Waals surface area contributed by atoms with Crippen LogP contribution < -0.4 is 0 Å². The standard InChI is InChI=1S/C16H24BrNO/c1-2-3-4-5-6-7-8-11-18-13-14-12-15(17)9-10-16(14)19/h9-10,12-13,19H,2-8,11H2,1H3. The molecule has 0 aliphatic carbocycles. The molecule has 1 N–H and O–H groups in total. The number of nitrogens with zero attached hydrogens (tertiary/aromatic N) is 1. The molecule has 0 atom stereocenters.